The standard InChI is InChI=1S/C12H3Cl5FI/c13-8-7(4-1-5(18)3-6(19)2-4)9(14)11(16)12(17)10(8)15/h1-3H. The van der Waals surface area contributed by atoms with E-state index < -0.39 is 5.82 Å². The van der Waals surface area contributed by atoms with Crippen molar-refractivity contribution in [2.75, 3.05) is 0 Å². The first-order chi connectivity index (χ1) is 8.82. The molecule has 0 nitrogen and oxygen atoms in total. The minimum absolute atomic E-state index is 0.0770. The largest absolute Gasteiger partial charge is 0.207 e. The highest BCUT2D eigenvalue weighted by Gasteiger charge is 2.20. The second-order valence-electron chi connectivity index (χ2n) is 3.60. The molecule has 7 heteroatoms. The molecule has 2 aromatic rings. The van der Waals surface area contributed by atoms with Crippen molar-refractivity contribution in [3.05, 3.63) is 52.7 Å². The molecule has 0 heterocycles. The van der Waals surface area contributed by atoms with Crippen molar-refractivity contribution in [2.24, 2.45) is 0 Å². The van der Waals surface area contributed by atoms with Crippen molar-refractivity contribution in [3.63, 3.8) is 0 Å². The summed E-state index contributed by atoms with van der Waals surface area (Å²) in [7, 11) is 0. The topological polar surface area (TPSA) is 0 Å². The Morgan fingerprint density at radius 1 is 0.737 bits per heavy atom. The molecule has 0 saturated heterocycles. The fraction of sp³-hybridized carbons (Fsp3) is 0. The third kappa shape index (κ3) is 3.09. The molecule has 0 fully saturated rings. The molecule has 100 valence electrons. The van der Waals surface area contributed by atoms with E-state index >= 15 is 0 Å². The molecule has 0 radical (unpaired) electrons. The molecule has 2 aromatic carbocycles. The van der Waals surface area contributed by atoms with E-state index in [9.17, 15) is 4.39 Å². The maximum Gasteiger partial charge on any atom is 0.124 e. The van der Waals surface area contributed by atoms with Crippen molar-refractivity contribution in [3.8, 4) is 11.1 Å². The van der Waals surface area contributed by atoms with Crippen LogP contribution < -0.4 is 0 Å². The first kappa shape index (κ1) is 15.9. The van der Waals surface area contributed by atoms with E-state index in [0.717, 1.165) is 0 Å². The van der Waals surface area contributed by atoms with Crippen LogP contribution in [0.15, 0.2) is 18.2 Å². The molecule has 0 aromatic heterocycles. The van der Waals surface area contributed by atoms with E-state index in [2.05, 4.69) is 0 Å². The second-order valence-corrected chi connectivity index (χ2v) is 6.74. The quantitative estimate of drug-likeness (QED) is 0.232. The SMILES string of the molecule is Fc1cc(I)cc(-c2c(Cl)c(Cl)c(Cl)c(Cl)c2Cl)c1. The van der Waals surface area contributed by atoms with E-state index in [0.29, 0.717) is 14.7 Å². The van der Waals surface area contributed by atoms with Crippen molar-refractivity contribution in [1.82, 2.24) is 0 Å². The van der Waals surface area contributed by atoms with Crippen molar-refractivity contribution in [2.45, 2.75) is 0 Å². The highest BCUT2D eigenvalue weighted by Crippen LogP contribution is 2.48. The number of hydrogen-bond donors (Lipinski definition) is 0. The van der Waals surface area contributed by atoms with Crippen LogP contribution in [0.5, 0.6) is 0 Å². The average molecular weight is 470 g/mol. The van der Waals surface area contributed by atoms with Crippen LogP contribution in [-0.2, 0) is 0 Å². The Hall–Kier alpha value is 0.550. The minimum atomic E-state index is -0.406. The van der Waals surface area contributed by atoms with Gasteiger partial charge in [0.1, 0.15) is 5.82 Å². The van der Waals surface area contributed by atoms with Gasteiger partial charge in [-0.2, -0.15) is 0 Å². The van der Waals surface area contributed by atoms with Gasteiger partial charge in [0.15, 0.2) is 0 Å². The van der Waals surface area contributed by atoms with Gasteiger partial charge in [-0.15, -0.1) is 0 Å². The van der Waals surface area contributed by atoms with E-state index in [1.54, 1.807) is 6.07 Å². The predicted octanol–water partition coefficient (Wildman–Crippen LogP) is 7.36. The fourth-order valence-corrected chi connectivity index (χ4v) is 3.55. The monoisotopic (exact) mass is 468 g/mol. The van der Waals surface area contributed by atoms with Crippen LogP contribution in [0.4, 0.5) is 4.39 Å². The van der Waals surface area contributed by atoms with Crippen LogP contribution in [0.25, 0.3) is 11.1 Å². The molecule has 0 aliphatic rings. The van der Waals surface area contributed by atoms with Crippen molar-refractivity contribution < 1.29 is 4.39 Å². The Bertz CT molecular complexity index is 622. The molecule has 0 unspecified atom stereocenters. The molecule has 0 aliphatic heterocycles. The summed E-state index contributed by atoms with van der Waals surface area (Å²) in [6.45, 7) is 0. The third-order valence-corrected chi connectivity index (χ3v) is 5.26. The molecule has 0 atom stereocenters. The van der Waals surface area contributed by atoms with E-state index in [1.165, 1.54) is 12.1 Å². The highest BCUT2D eigenvalue weighted by molar-refractivity contribution is 14.1. The number of benzene rings is 2. The van der Waals surface area contributed by atoms with Gasteiger partial charge in [0.25, 0.3) is 0 Å². The lowest BCUT2D eigenvalue weighted by molar-refractivity contribution is 0.627. The predicted molar refractivity (Wildman–Crippen MR) is 89.6 cm³/mol. The van der Waals surface area contributed by atoms with Gasteiger partial charge in [0.05, 0.1) is 25.1 Å². The van der Waals surface area contributed by atoms with Crippen LogP contribution in [-0.4, -0.2) is 0 Å². The summed E-state index contributed by atoms with van der Waals surface area (Å²) in [6.07, 6.45) is 0. The number of rotatable bonds is 1. The Morgan fingerprint density at radius 2 is 1.21 bits per heavy atom. The lowest BCUT2D eigenvalue weighted by Crippen LogP contribution is -1.89. The third-order valence-electron chi connectivity index (χ3n) is 2.36. The van der Waals surface area contributed by atoms with Gasteiger partial charge < -0.3 is 0 Å². The molecular formula is C12H3Cl5FI. The summed E-state index contributed by atoms with van der Waals surface area (Å²) >= 11 is 32.1. The summed E-state index contributed by atoms with van der Waals surface area (Å²) in [4.78, 5) is 0. The van der Waals surface area contributed by atoms with E-state index in [-0.39, 0.29) is 25.1 Å². The maximum atomic E-state index is 13.5. The number of hydrogen-bond acceptors (Lipinski definition) is 0. The Balaban J connectivity index is 2.82. The van der Waals surface area contributed by atoms with Gasteiger partial charge in [-0.05, 0) is 46.4 Å². The zero-order valence-electron chi connectivity index (χ0n) is 8.88. The molecule has 2 rings (SSSR count). The fourth-order valence-electron chi connectivity index (χ4n) is 1.56. The zero-order chi connectivity index (χ0) is 14.3. The Kier molecular flexibility index (Phi) is 5.13. The summed E-state index contributed by atoms with van der Waals surface area (Å²) in [5.74, 6) is -0.406. The van der Waals surface area contributed by atoms with Crippen LogP contribution in [0.1, 0.15) is 0 Å². The van der Waals surface area contributed by atoms with Gasteiger partial charge in [-0.1, -0.05) is 58.0 Å². The van der Waals surface area contributed by atoms with E-state index in [4.69, 9.17) is 58.0 Å². The molecule has 0 amide bonds. The van der Waals surface area contributed by atoms with E-state index in [1.807, 2.05) is 22.6 Å². The van der Waals surface area contributed by atoms with Gasteiger partial charge in [0, 0.05) is 9.13 Å². The average Bonchev–Trinajstić information content (AvgIpc) is 2.33. The molecular weight excluding hydrogens is 467 g/mol. The van der Waals surface area contributed by atoms with Gasteiger partial charge in [-0.25, -0.2) is 4.39 Å². The zero-order valence-corrected chi connectivity index (χ0v) is 14.8. The minimum Gasteiger partial charge on any atom is -0.207 e. The molecule has 0 spiro atoms. The summed E-state index contributed by atoms with van der Waals surface area (Å²) in [5.41, 5.74) is 0.847. The first-order valence-electron chi connectivity index (χ1n) is 4.80. The Labute approximate surface area is 147 Å². The lowest BCUT2D eigenvalue weighted by atomic mass is 10.1. The lowest BCUT2D eigenvalue weighted by Gasteiger charge is -2.13. The molecule has 19 heavy (non-hydrogen) atoms. The van der Waals surface area contributed by atoms with Crippen molar-refractivity contribution >= 4 is 80.6 Å². The van der Waals surface area contributed by atoms with Gasteiger partial charge in [0.2, 0.25) is 0 Å². The maximum absolute atomic E-state index is 13.5. The number of halogens is 7. The van der Waals surface area contributed by atoms with Gasteiger partial charge >= 0.3 is 0 Å². The first-order valence-corrected chi connectivity index (χ1v) is 7.77. The summed E-state index contributed by atoms with van der Waals surface area (Å²) < 4.78 is 14.2. The van der Waals surface area contributed by atoms with Crippen molar-refractivity contribution in [1.29, 1.82) is 0 Å². The normalized spacial score (nSPS) is 10.9. The highest BCUT2D eigenvalue weighted by atomic mass is 127. The summed E-state index contributed by atoms with van der Waals surface area (Å²) in [6, 6.07) is 4.40. The van der Waals surface area contributed by atoms with Crippen LogP contribution >= 0.6 is 80.6 Å². The smallest absolute Gasteiger partial charge is 0.124 e. The van der Waals surface area contributed by atoms with Gasteiger partial charge in [-0.3, -0.25) is 0 Å². The van der Waals surface area contributed by atoms with Crippen LogP contribution in [0, 0.1) is 9.39 Å². The molecule has 0 aliphatic carbocycles. The molecule has 0 saturated carbocycles. The van der Waals surface area contributed by atoms with Crippen LogP contribution in [0.2, 0.25) is 25.1 Å². The second kappa shape index (κ2) is 6.12. The summed E-state index contributed by atoms with van der Waals surface area (Å²) in [5, 5.41) is 0.539. The Morgan fingerprint density at radius 3 is 1.68 bits per heavy atom. The van der Waals surface area contributed by atoms with Crippen LogP contribution in [0.3, 0.4) is 0 Å². The molecule has 0 bridgehead atoms. The molecule has 0 N–H and O–H groups in total.